The number of carbonyl (C=O) groups excluding carboxylic acids is 1. The zero-order valence-corrected chi connectivity index (χ0v) is 12.1. The molecule has 0 amide bonds. The van der Waals surface area contributed by atoms with Crippen molar-refractivity contribution in [3.8, 4) is 0 Å². The Labute approximate surface area is 117 Å². The Morgan fingerprint density at radius 3 is 2.58 bits per heavy atom. The fourth-order valence-electron chi connectivity index (χ4n) is 2.75. The highest BCUT2D eigenvalue weighted by Gasteiger charge is 2.32. The smallest absolute Gasteiger partial charge is 0.171 e. The number of hydrogen-bond acceptors (Lipinski definition) is 5. The van der Waals surface area contributed by atoms with Gasteiger partial charge in [-0.15, -0.1) is 11.3 Å². The quantitative estimate of drug-likeness (QED) is 0.741. The first-order valence-corrected chi connectivity index (χ1v) is 7.88. The van der Waals surface area contributed by atoms with Crippen LogP contribution in [0.25, 0.3) is 0 Å². The number of Topliss-reactive ketones (excluding diaryl/α,β-unsaturated/α-hetero) is 1. The highest BCUT2D eigenvalue weighted by Crippen LogP contribution is 2.51. The summed E-state index contributed by atoms with van der Waals surface area (Å²) in [6.45, 7) is 3.74. The maximum absolute atomic E-state index is 11.7. The molecule has 0 radical (unpaired) electrons. The van der Waals surface area contributed by atoms with Gasteiger partial charge in [-0.1, -0.05) is 0 Å². The van der Waals surface area contributed by atoms with Gasteiger partial charge >= 0.3 is 0 Å². The van der Waals surface area contributed by atoms with Gasteiger partial charge in [0.2, 0.25) is 0 Å². The van der Waals surface area contributed by atoms with Gasteiger partial charge in [-0.3, -0.25) is 4.79 Å². The van der Waals surface area contributed by atoms with E-state index in [1.807, 2.05) is 0 Å². The van der Waals surface area contributed by atoms with Crippen molar-refractivity contribution >= 4 is 27.8 Å². The van der Waals surface area contributed by atoms with Crippen LogP contribution in [0.15, 0.2) is 0 Å². The number of ketones is 1. The third-order valence-corrected chi connectivity index (χ3v) is 5.22. The topological polar surface area (TPSA) is 67.2 Å². The molecule has 1 saturated heterocycles. The number of anilines is 2. The number of thiophene rings is 1. The summed E-state index contributed by atoms with van der Waals surface area (Å²) >= 11 is 1.55. The Morgan fingerprint density at radius 2 is 2.00 bits per heavy atom. The summed E-state index contributed by atoms with van der Waals surface area (Å²) < 4.78 is 0. The van der Waals surface area contributed by atoms with E-state index < -0.39 is 0 Å². The van der Waals surface area contributed by atoms with Crippen LogP contribution in [-0.4, -0.2) is 24.9 Å². The van der Waals surface area contributed by atoms with E-state index in [2.05, 4.69) is 10.6 Å². The molecule has 2 heterocycles. The molecule has 4 nitrogen and oxygen atoms in total. The fraction of sp³-hybridized carbons (Fsp3) is 0.643. The molecule has 0 bridgehead atoms. The van der Waals surface area contributed by atoms with Gasteiger partial charge in [0.15, 0.2) is 5.78 Å². The molecule has 3 rings (SSSR count). The first-order chi connectivity index (χ1) is 9.16. The van der Waals surface area contributed by atoms with Gasteiger partial charge in [0.05, 0.1) is 15.6 Å². The third kappa shape index (κ3) is 2.62. The maximum Gasteiger partial charge on any atom is 0.171 e. The van der Waals surface area contributed by atoms with Crippen LogP contribution in [0, 0.1) is 0 Å². The predicted molar refractivity (Wildman–Crippen MR) is 80.2 cm³/mol. The van der Waals surface area contributed by atoms with E-state index >= 15 is 0 Å². The largest absolute Gasteiger partial charge is 0.397 e. The van der Waals surface area contributed by atoms with Crippen molar-refractivity contribution in [2.45, 2.75) is 44.6 Å². The second kappa shape index (κ2) is 5.13. The molecule has 5 heteroatoms. The van der Waals surface area contributed by atoms with Crippen LogP contribution in [-0.2, 0) is 0 Å². The van der Waals surface area contributed by atoms with Crippen LogP contribution in [0.5, 0.6) is 0 Å². The summed E-state index contributed by atoms with van der Waals surface area (Å²) in [5.74, 6) is 0.663. The van der Waals surface area contributed by atoms with Crippen LogP contribution in [0.2, 0.25) is 0 Å². The summed E-state index contributed by atoms with van der Waals surface area (Å²) in [6, 6.07) is 0.511. The summed E-state index contributed by atoms with van der Waals surface area (Å²) in [4.78, 5) is 12.4. The maximum atomic E-state index is 11.7. The molecule has 0 spiro atoms. The molecule has 1 aromatic heterocycles. The molecule has 0 aromatic carbocycles. The monoisotopic (exact) mass is 279 g/mol. The molecule has 104 valence electrons. The minimum Gasteiger partial charge on any atom is -0.397 e. The average Bonchev–Trinajstić information content (AvgIpc) is 3.16. The molecule has 1 saturated carbocycles. The lowest BCUT2D eigenvalue weighted by atomic mass is 10.1. The number of nitrogens with two attached hydrogens (primary N) is 1. The lowest BCUT2D eigenvalue weighted by Gasteiger charge is -2.24. The van der Waals surface area contributed by atoms with Crippen molar-refractivity contribution in [2.24, 2.45) is 0 Å². The molecule has 1 aromatic rings. The Bertz CT molecular complexity index is 487. The number of rotatable bonds is 4. The zero-order chi connectivity index (χ0) is 13.4. The van der Waals surface area contributed by atoms with Gasteiger partial charge < -0.3 is 16.4 Å². The molecule has 1 aliphatic heterocycles. The Hall–Kier alpha value is -1.07. The molecule has 2 fully saturated rings. The van der Waals surface area contributed by atoms with E-state index in [9.17, 15) is 4.79 Å². The number of piperidine rings is 1. The molecule has 1 aliphatic carbocycles. The normalized spacial score (nSPS) is 20.5. The Balaban J connectivity index is 1.86. The van der Waals surface area contributed by atoms with E-state index in [1.54, 1.807) is 18.3 Å². The van der Waals surface area contributed by atoms with E-state index in [0.29, 0.717) is 12.0 Å². The van der Waals surface area contributed by atoms with Crippen molar-refractivity contribution in [1.29, 1.82) is 0 Å². The fourth-order valence-corrected chi connectivity index (χ4v) is 3.93. The molecular formula is C14H21N3OS. The average molecular weight is 279 g/mol. The van der Waals surface area contributed by atoms with Gasteiger partial charge in [-0.05, 0) is 44.7 Å². The molecule has 0 unspecified atom stereocenters. The molecule has 2 aliphatic rings. The second-order valence-corrected chi connectivity index (χ2v) is 6.61. The van der Waals surface area contributed by atoms with Crippen LogP contribution in [0.1, 0.15) is 53.8 Å². The zero-order valence-electron chi connectivity index (χ0n) is 11.3. The molecule has 0 atom stereocenters. The molecular weight excluding hydrogens is 258 g/mol. The second-order valence-electron chi connectivity index (χ2n) is 5.59. The van der Waals surface area contributed by atoms with Crippen molar-refractivity contribution in [1.82, 2.24) is 5.32 Å². The summed E-state index contributed by atoms with van der Waals surface area (Å²) in [5, 5.41) is 8.15. The summed E-state index contributed by atoms with van der Waals surface area (Å²) in [6.07, 6.45) is 4.69. The minimum absolute atomic E-state index is 0.0859. The van der Waals surface area contributed by atoms with E-state index in [-0.39, 0.29) is 5.78 Å². The first kappa shape index (κ1) is 12.9. The number of nitrogen functional groups attached to an aromatic ring is 1. The third-order valence-electron chi connectivity index (χ3n) is 3.96. The van der Waals surface area contributed by atoms with Crippen LogP contribution < -0.4 is 16.4 Å². The van der Waals surface area contributed by atoms with Crippen LogP contribution in [0.3, 0.4) is 0 Å². The lowest BCUT2D eigenvalue weighted by molar-refractivity contribution is 0.102. The highest BCUT2D eigenvalue weighted by atomic mass is 32.1. The summed E-state index contributed by atoms with van der Waals surface area (Å²) in [5.41, 5.74) is 8.14. The van der Waals surface area contributed by atoms with Crippen molar-refractivity contribution in [2.75, 3.05) is 24.1 Å². The molecule has 19 heavy (non-hydrogen) atoms. The van der Waals surface area contributed by atoms with E-state index in [4.69, 9.17) is 5.73 Å². The number of hydrogen-bond donors (Lipinski definition) is 3. The van der Waals surface area contributed by atoms with E-state index in [1.165, 1.54) is 18.4 Å². The van der Waals surface area contributed by atoms with E-state index in [0.717, 1.165) is 41.5 Å². The Kier molecular flexibility index (Phi) is 3.50. The highest BCUT2D eigenvalue weighted by molar-refractivity contribution is 7.18. The number of nitrogens with one attached hydrogen (secondary N) is 2. The van der Waals surface area contributed by atoms with Crippen LogP contribution in [0.4, 0.5) is 10.7 Å². The molecule has 4 N–H and O–H groups in total. The van der Waals surface area contributed by atoms with Gasteiger partial charge in [0, 0.05) is 18.5 Å². The predicted octanol–water partition coefficient (Wildman–Crippen LogP) is 2.57. The standard InChI is InChI=1S/C14H21N3OS/c1-8(18)13-12(15)11(9-2-3-9)14(19-13)17-10-4-6-16-7-5-10/h9-10,16-17H,2-7,15H2,1H3. The van der Waals surface area contributed by atoms with Gasteiger partial charge in [-0.25, -0.2) is 0 Å². The van der Waals surface area contributed by atoms with Crippen molar-refractivity contribution in [3.05, 3.63) is 10.4 Å². The van der Waals surface area contributed by atoms with Crippen LogP contribution >= 0.6 is 11.3 Å². The van der Waals surface area contributed by atoms with Crippen molar-refractivity contribution < 1.29 is 4.79 Å². The van der Waals surface area contributed by atoms with Crippen molar-refractivity contribution in [3.63, 3.8) is 0 Å². The summed E-state index contributed by atoms with van der Waals surface area (Å²) in [7, 11) is 0. The SMILES string of the molecule is CC(=O)c1sc(NC2CCNCC2)c(C2CC2)c1N. The minimum atomic E-state index is 0.0859. The first-order valence-electron chi connectivity index (χ1n) is 7.07. The number of carbonyl (C=O) groups is 1. The lowest BCUT2D eigenvalue weighted by Crippen LogP contribution is -2.35. The Morgan fingerprint density at radius 1 is 1.32 bits per heavy atom. The van der Waals surface area contributed by atoms with Gasteiger partial charge in [0.1, 0.15) is 0 Å². The van der Waals surface area contributed by atoms with Gasteiger partial charge in [-0.2, -0.15) is 0 Å². The van der Waals surface area contributed by atoms with Gasteiger partial charge in [0.25, 0.3) is 0 Å².